The molecule has 1 N–H and O–H groups in total. The average Bonchev–Trinajstić information content (AvgIpc) is 2.47. The van der Waals surface area contributed by atoms with Crippen molar-refractivity contribution in [3.05, 3.63) is 0 Å². The Labute approximate surface area is 111 Å². The number of piperidine rings is 3. The lowest BCUT2D eigenvalue weighted by atomic mass is 9.84. The quantitative estimate of drug-likeness (QED) is 0.776. The van der Waals surface area contributed by atoms with Gasteiger partial charge in [-0.15, -0.1) is 15.0 Å². The SMILES string of the molecule is COc1nc(OC)nc([N+]23CCC(CC2)C(O)C3)n1. The van der Waals surface area contributed by atoms with E-state index in [1.54, 1.807) is 0 Å². The zero-order valence-electron chi connectivity index (χ0n) is 11.2. The van der Waals surface area contributed by atoms with Crippen LogP contribution in [0.25, 0.3) is 0 Å². The summed E-state index contributed by atoms with van der Waals surface area (Å²) in [5.74, 6) is 1.08. The Hall–Kier alpha value is -1.47. The molecule has 1 unspecified atom stereocenters. The van der Waals surface area contributed by atoms with E-state index in [-0.39, 0.29) is 18.1 Å². The van der Waals surface area contributed by atoms with E-state index in [9.17, 15) is 5.11 Å². The highest BCUT2D eigenvalue weighted by Crippen LogP contribution is 2.37. The number of fused-ring (bicyclic) bond motifs is 3. The van der Waals surface area contributed by atoms with Gasteiger partial charge in [-0.2, -0.15) is 0 Å². The topological polar surface area (TPSA) is 77.4 Å². The summed E-state index contributed by atoms with van der Waals surface area (Å²) in [4.78, 5) is 12.7. The molecule has 7 heteroatoms. The molecule has 3 saturated heterocycles. The maximum Gasteiger partial charge on any atom is 0.338 e. The Kier molecular flexibility index (Phi) is 3.02. The van der Waals surface area contributed by atoms with Crippen LogP contribution in [-0.4, -0.2) is 60.0 Å². The fourth-order valence-corrected chi connectivity index (χ4v) is 3.16. The summed E-state index contributed by atoms with van der Waals surface area (Å²) >= 11 is 0. The first-order valence-corrected chi connectivity index (χ1v) is 6.55. The first-order valence-electron chi connectivity index (χ1n) is 6.55. The van der Waals surface area contributed by atoms with E-state index in [4.69, 9.17) is 9.47 Å². The number of ether oxygens (including phenoxy) is 2. The smallest absolute Gasteiger partial charge is 0.338 e. The van der Waals surface area contributed by atoms with Crippen molar-refractivity contribution in [3.63, 3.8) is 0 Å². The number of quaternary nitrogens is 1. The molecule has 0 spiro atoms. The largest absolute Gasteiger partial charge is 0.466 e. The van der Waals surface area contributed by atoms with E-state index < -0.39 is 0 Å². The number of aliphatic hydroxyl groups is 1. The fraction of sp³-hybridized carbons (Fsp3) is 0.750. The van der Waals surface area contributed by atoms with Gasteiger partial charge in [0.15, 0.2) is 0 Å². The van der Waals surface area contributed by atoms with E-state index in [0.717, 1.165) is 25.9 Å². The molecule has 2 bridgehead atoms. The summed E-state index contributed by atoms with van der Waals surface area (Å²) in [5, 5.41) is 10.1. The lowest BCUT2D eigenvalue weighted by molar-refractivity contribution is -0.0226. The van der Waals surface area contributed by atoms with Crippen molar-refractivity contribution in [2.45, 2.75) is 18.9 Å². The normalized spacial score (nSPS) is 33.2. The van der Waals surface area contributed by atoms with Gasteiger partial charge in [0.25, 0.3) is 0 Å². The summed E-state index contributed by atoms with van der Waals surface area (Å²) in [5.41, 5.74) is 0. The molecule has 3 aliphatic heterocycles. The Morgan fingerprint density at radius 2 is 1.63 bits per heavy atom. The van der Waals surface area contributed by atoms with Crippen LogP contribution in [0.15, 0.2) is 0 Å². The highest BCUT2D eigenvalue weighted by molar-refractivity contribution is 5.31. The minimum Gasteiger partial charge on any atom is -0.466 e. The van der Waals surface area contributed by atoms with Gasteiger partial charge < -0.3 is 14.6 Å². The van der Waals surface area contributed by atoms with Gasteiger partial charge in [0.2, 0.25) is 0 Å². The average molecular weight is 267 g/mol. The van der Waals surface area contributed by atoms with E-state index in [1.807, 2.05) is 0 Å². The van der Waals surface area contributed by atoms with Crippen LogP contribution < -0.4 is 14.0 Å². The van der Waals surface area contributed by atoms with Gasteiger partial charge in [0, 0.05) is 18.8 Å². The molecular formula is C12H19N4O3+. The van der Waals surface area contributed by atoms with Crippen molar-refractivity contribution in [3.8, 4) is 12.0 Å². The number of hydrogen-bond acceptors (Lipinski definition) is 6. The first-order chi connectivity index (χ1) is 9.16. The van der Waals surface area contributed by atoms with Crippen LogP contribution in [0.2, 0.25) is 0 Å². The molecule has 104 valence electrons. The van der Waals surface area contributed by atoms with Gasteiger partial charge in [0.1, 0.15) is 12.6 Å². The van der Waals surface area contributed by atoms with E-state index in [2.05, 4.69) is 15.0 Å². The number of rotatable bonds is 3. The van der Waals surface area contributed by atoms with Gasteiger partial charge in [-0.1, -0.05) is 0 Å². The second-order valence-corrected chi connectivity index (χ2v) is 5.29. The minimum atomic E-state index is -0.267. The minimum absolute atomic E-state index is 0.261. The van der Waals surface area contributed by atoms with Crippen LogP contribution >= 0.6 is 0 Å². The highest BCUT2D eigenvalue weighted by Gasteiger charge is 2.48. The highest BCUT2D eigenvalue weighted by atomic mass is 16.5. The van der Waals surface area contributed by atoms with Crippen molar-refractivity contribution in [1.82, 2.24) is 19.4 Å². The maximum absolute atomic E-state index is 10.1. The van der Waals surface area contributed by atoms with E-state index >= 15 is 0 Å². The number of hydrogen-bond donors (Lipinski definition) is 1. The third kappa shape index (κ3) is 2.02. The van der Waals surface area contributed by atoms with Gasteiger partial charge in [0.05, 0.1) is 27.3 Å². The molecule has 0 amide bonds. The van der Waals surface area contributed by atoms with Crippen LogP contribution in [0.5, 0.6) is 12.0 Å². The van der Waals surface area contributed by atoms with Crippen LogP contribution in [0.4, 0.5) is 5.95 Å². The van der Waals surface area contributed by atoms with Crippen molar-refractivity contribution < 1.29 is 14.6 Å². The lowest BCUT2D eigenvalue weighted by Crippen LogP contribution is -2.65. The molecule has 0 radical (unpaired) electrons. The van der Waals surface area contributed by atoms with Gasteiger partial charge in [-0.3, -0.25) is 4.48 Å². The number of methoxy groups -OCH3 is 2. The molecular weight excluding hydrogens is 248 g/mol. The third-order valence-corrected chi connectivity index (χ3v) is 4.31. The number of aliphatic hydroxyl groups excluding tert-OH is 1. The molecule has 1 aromatic heterocycles. The summed E-state index contributed by atoms with van der Waals surface area (Å²) in [6.07, 6.45) is 1.76. The molecule has 0 saturated carbocycles. The monoisotopic (exact) mass is 267 g/mol. The second-order valence-electron chi connectivity index (χ2n) is 5.29. The fourth-order valence-electron chi connectivity index (χ4n) is 3.16. The van der Waals surface area contributed by atoms with Crippen molar-refractivity contribution in [1.29, 1.82) is 0 Å². The summed E-state index contributed by atoms with van der Waals surface area (Å²) in [7, 11) is 3.05. The Morgan fingerprint density at radius 1 is 1.05 bits per heavy atom. The van der Waals surface area contributed by atoms with Crippen molar-refractivity contribution >= 4 is 5.95 Å². The van der Waals surface area contributed by atoms with Crippen LogP contribution in [0.3, 0.4) is 0 Å². The molecule has 4 heterocycles. The maximum atomic E-state index is 10.1. The third-order valence-electron chi connectivity index (χ3n) is 4.31. The Balaban J connectivity index is 2.00. The standard InChI is InChI=1S/C12H19N4O3/c1-18-11-13-10(14-12(15-11)19-2)16-5-3-8(4-6-16)9(17)7-16/h8-9,17H,3-7H2,1-2H3/q+1. The zero-order valence-corrected chi connectivity index (χ0v) is 11.2. The molecule has 1 aromatic rings. The predicted octanol–water partition coefficient (Wildman–Crippen LogP) is -0.0194. The van der Waals surface area contributed by atoms with Crippen LogP contribution in [-0.2, 0) is 0 Å². The summed E-state index contributed by atoms with van der Waals surface area (Å²) < 4.78 is 10.8. The molecule has 0 aliphatic carbocycles. The zero-order chi connectivity index (χ0) is 13.5. The number of aromatic nitrogens is 3. The van der Waals surface area contributed by atoms with Gasteiger partial charge >= 0.3 is 18.0 Å². The first kappa shape index (κ1) is 12.6. The van der Waals surface area contributed by atoms with Crippen molar-refractivity contribution in [2.75, 3.05) is 33.9 Å². The van der Waals surface area contributed by atoms with Gasteiger partial charge in [-0.05, 0) is 0 Å². The Morgan fingerprint density at radius 3 is 2.11 bits per heavy atom. The molecule has 0 aromatic carbocycles. The second kappa shape index (κ2) is 4.57. The molecule has 4 rings (SSSR count). The predicted molar refractivity (Wildman–Crippen MR) is 68.1 cm³/mol. The van der Waals surface area contributed by atoms with E-state index in [0.29, 0.717) is 22.9 Å². The van der Waals surface area contributed by atoms with Crippen LogP contribution in [0.1, 0.15) is 12.8 Å². The van der Waals surface area contributed by atoms with Gasteiger partial charge in [-0.25, -0.2) is 0 Å². The molecule has 3 aliphatic rings. The van der Waals surface area contributed by atoms with E-state index in [1.165, 1.54) is 14.2 Å². The molecule has 3 fully saturated rings. The number of nitrogens with zero attached hydrogens (tertiary/aromatic N) is 4. The summed E-state index contributed by atoms with van der Waals surface area (Å²) in [6, 6.07) is 0.521. The lowest BCUT2D eigenvalue weighted by Gasteiger charge is -2.48. The van der Waals surface area contributed by atoms with Crippen molar-refractivity contribution in [2.24, 2.45) is 5.92 Å². The molecule has 1 atom stereocenters. The molecule has 19 heavy (non-hydrogen) atoms. The summed E-state index contributed by atoms with van der Waals surface area (Å²) in [6.45, 7) is 2.58. The Bertz CT molecular complexity index is 452. The molecule has 7 nitrogen and oxygen atoms in total. The van der Waals surface area contributed by atoms with Crippen LogP contribution in [0, 0.1) is 5.92 Å².